The molecule has 0 aliphatic carbocycles. The molecule has 1 aliphatic heterocycles. The van der Waals surface area contributed by atoms with E-state index in [2.05, 4.69) is 4.98 Å². The molecule has 0 saturated carbocycles. The van der Waals surface area contributed by atoms with Crippen LogP contribution in [0.5, 0.6) is 0 Å². The number of fused-ring (bicyclic) bond motifs is 5. The number of aromatic nitrogens is 2. The first-order chi connectivity index (χ1) is 9.74. The molecule has 0 amide bonds. The summed E-state index contributed by atoms with van der Waals surface area (Å²) in [7, 11) is 0. The number of benzene rings is 2. The van der Waals surface area contributed by atoms with Crippen molar-refractivity contribution >= 4 is 16.7 Å². The van der Waals surface area contributed by atoms with Gasteiger partial charge in [0.2, 0.25) is 0 Å². The van der Waals surface area contributed by atoms with Crippen LogP contribution in [-0.4, -0.2) is 14.6 Å². The number of nitro groups is 1. The van der Waals surface area contributed by atoms with Gasteiger partial charge >= 0.3 is 0 Å². The lowest BCUT2D eigenvalue weighted by Gasteiger charge is -2.18. The van der Waals surface area contributed by atoms with Crippen molar-refractivity contribution in [2.24, 2.45) is 0 Å². The van der Waals surface area contributed by atoms with Gasteiger partial charge in [0, 0.05) is 23.3 Å². The van der Waals surface area contributed by atoms with Crippen LogP contribution in [0, 0.1) is 10.1 Å². The molecule has 20 heavy (non-hydrogen) atoms. The quantitative estimate of drug-likeness (QED) is 0.502. The first-order valence-electron chi connectivity index (χ1n) is 6.12. The Morgan fingerprint density at radius 1 is 1.25 bits per heavy atom. The molecule has 0 saturated heterocycles. The zero-order valence-corrected chi connectivity index (χ0v) is 10.3. The van der Waals surface area contributed by atoms with E-state index in [0.29, 0.717) is 23.5 Å². The minimum atomic E-state index is -0.420. The van der Waals surface area contributed by atoms with Crippen LogP contribution >= 0.6 is 0 Å². The average molecular weight is 267 g/mol. The van der Waals surface area contributed by atoms with E-state index in [-0.39, 0.29) is 5.69 Å². The fourth-order valence-electron chi connectivity index (χ4n) is 2.45. The van der Waals surface area contributed by atoms with E-state index in [1.807, 2.05) is 24.3 Å². The molecule has 1 aromatic heterocycles. The normalized spacial score (nSPS) is 12.6. The highest BCUT2D eigenvalue weighted by atomic mass is 16.7. The Kier molecular flexibility index (Phi) is 2.09. The number of hydrogen-bond acceptors (Lipinski definition) is 4. The molecule has 6 heteroatoms. The third kappa shape index (κ3) is 1.41. The zero-order valence-electron chi connectivity index (χ0n) is 10.3. The third-order valence-corrected chi connectivity index (χ3v) is 3.41. The molecule has 98 valence electrons. The van der Waals surface area contributed by atoms with Gasteiger partial charge in [0.15, 0.2) is 5.82 Å². The Balaban J connectivity index is 2.02. The molecule has 0 atom stereocenters. The maximum absolute atomic E-state index is 10.9. The molecular weight excluding hydrogens is 258 g/mol. The van der Waals surface area contributed by atoms with Crippen LogP contribution in [-0.2, 0) is 6.61 Å². The molecule has 0 spiro atoms. The molecule has 0 N–H and O–H groups in total. The molecule has 6 nitrogen and oxygen atoms in total. The molecule has 0 unspecified atom stereocenters. The summed E-state index contributed by atoms with van der Waals surface area (Å²) in [6.07, 6.45) is 0. The van der Waals surface area contributed by atoms with Gasteiger partial charge in [-0.2, -0.15) is 4.73 Å². The molecule has 1 aliphatic rings. The summed E-state index contributed by atoms with van der Waals surface area (Å²) in [5.41, 5.74) is 3.39. The van der Waals surface area contributed by atoms with Gasteiger partial charge in [0.05, 0.1) is 10.4 Å². The fourth-order valence-corrected chi connectivity index (χ4v) is 2.45. The summed E-state index contributed by atoms with van der Waals surface area (Å²) in [6, 6.07) is 12.4. The Labute approximate surface area is 113 Å². The first kappa shape index (κ1) is 11.0. The van der Waals surface area contributed by atoms with Crippen LogP contribution in [0.15, 0.2) is 42.5 Å². The molecule has 0 fully saturated rings. The van der Waals surface area contributed by atoms with E-state index in [1.54, 1.807) is 10.8 Å². The minimum absolute atomic E-state index is 0.0302. The third-order valence-electron chi connectivity index (χ3n) is 3.41. The van der Waals surface area contributed by atoms with Crippen molar-refractivity contribution in [1.82, 2.24) is 9.71 Å². The van der Waals surface area contributed by atoms with Gasteiger partial charge in [-0.25, -0.2) is 4.98 Å². The van der Waals surface area contributed by atoms with Crippen LogP contribution in [0.25, 0.3) is 22.4 Å². The van der Waals surface area contributed by atoms with Gasteiger partial charge < -0.3 is 4.84 Å². The van der Waals surface area contributed by atoms with Crippen LogP contribution in [0.4, 0.5) is 5.69 Å². The lowest BCUT2D eigenvalue weighted by molar-refractivity contribution is -0.384. The maximum Gasteiger partial charge on any atom is 0.271 e. The monoisotopic (exact) mass is 267 g/mol. The number of rotatable bonds is 1. The summed E-state index contributed by atoms with van der Waals surface area (Å²) < 4.78 is 1.57. The molecule has 2 heterocycles. The summed E-state index contributed by atoms with van der Waals surface area (Å²) in [4.78, 5) is 20.6. The van der Waals surface area contributed by atoms with E-state index in [1.165, 1.54) is 12.1 Å². The number of imidazole rings is 1. The zero-order chi connectivity index (χ0) is 13.7. The minimum Gasteiger partial charge on any atom is -0.407 e. The number of hydrogen-bond donors (Lipinski definition) is 0. The van der Waals surface area contributed by atoms with E-state index < -0.39 is 4.92 Å². The molecule has 4 rings (SSSR count). The van der Waals surface area contributed by atoms with Crippen molar-refractivity contribution in [2.75, 3.05) is 0 Å². The Bertz CT molecular complexity index is 854. The average Bonchev–Trinajstić information content (AvgIpc) is 2.85. The number of nitrogens with zero attached hydrogens (tertiary/aromatic N) is 3. The highest BCUT2D eigenvalue weighted by molar-refractivity contribution is 5.83. The first-order valence-corrected chi connectivity index (χ1v) is 6.12. The molecule has 0 radical (unpaired) electrons. The maximum atomic E-state index is 10.9. The van der Waals surface area contributed by atoms with Crippen LogP contribution in [0.1, 0.15) is 5.56 Å². The largest absolute Gasteiger partial charge is 0.407 e. The summed E-state index contributed by atoms with van der Waals surface area (Å²) in [6.45, 7) is 0.428. The molecule has 3 aromatic rings. The second-order valence-corrected chi connectivity index (χ2v) is 4.59. The fraction of sp³-hybridized carbons (Fsp3) is 0.0714. The SMILES string of the molecule is O=[N+]([O-])c1ccc2nc3n(c2c1)OCc1ccccc1-3. The molecule has 0 bridgehead atoms. The number of nitro benzene ring substituents is 1. The van der Waals surface area contributed by atoms with Gasteiger partial charge in [0.1, 0.15) is 12.1 Å². The lowest BCUT2D eigenvalue weighted by atomic mass is 10.1. The Morgan fingerprint density at radius 3 is 2.95 bits per heavy atom. The lowest BCUT2D eigenvalue weighted by Crippen LogP contribution is -2.18. The highest BCUT2D eigenvalue weighted by Crippen LogP contribution is 2.31. The second kappa shape index (κ2) is 3.80. The topological polar surface area (TPSA) is 70.2 Å². The highest BCUT2D eigenvalue weighted by Gasteiger charge is 2.22. The standard InChI is InChI=1S/C14H9N3O3/c18-17(19)10-5-6-12-13(7-10)16-14(15-12)11-4-2-1-3-9(11)8-20-16/h1-7H,8H2. The van der Waals surface area contributed by atoms with Crippen molar-refractivity contribution in [1.29, 1.82) is 0 Å². The summed E-state index contributed by atoms with van der Waals surface area (Å²) in [5, 5.41) is 10.9. The smallest absolute Gasteiger partial charge is 0.271 e. The van der Waals surface area contributed by atoms with Crippen molar-refractivity contribution in [3.05, 3.63) is 58.1 Å². The van der Waals surface area contributed by atoms with E-state index >= 15 is 0 Å². The Morgan fingerprint density at radius 2 is 2.10 bits per heavy atom. The Hall–Kier alpha value is -2.89. The van der Waals surface area contributed by atoms with Gasteiger partial charge in [-0.05, 0) is 6.07 Å². The number of non-ortho nitro benzene ring substituents is 1. The van der Waals surface area contributed by atoms with E-state index in [4.69, 9.17) is 4.84 Å². The van der Waals surface area contributed by atoms with Gasteiger partial charge in [-0.15, -0.1) is 0 Å². The summed E-state index contributed by atoms with van der Waals surface area (Å²) >= 11 is 0. The second-order valence-electron chi connectivity index (χ2n) is 4.59. The van der Waals surface area contributed by atoms with E-state index in [0.717, 1.165) is 11.1 Å². The van der Waals surface area contributed by atoms with Crippen LogP contribution in [0.2, 0.25) is 0 Å². The van der Waals surface area contributed by atoms with Gasteiger partial charge in [0.25, 0.3) is 5.69 Å². The van der Waals surface area contributed by atoms with Crippen molar-refractivity contribution in [3.63, 3.8) is 0 Å². The molecular formula is C14H9N3O3. The predicted octanol–water partition coefficient (Wildman–Crippen LogP) is 2.55. The van der Waals surface area contributed by atoms with Crippen LogP contribution < -0.4 is 4.84 Å². The van der Waals surface area contributed by atoms with Crippen LogP contribution in [0.3, 0.4) is 0 Å². The van der Waals surface area contributed by atoms with Crippen molar-refractivity contribution in [2.45, 2.75) is 6.61 Å². The van der Waals surface area contributed by atoms with Crippen molar-refractivity contribution in [3.8, 4) is 11.4 Å². The van der Waals surface area contributed by atoms with E-state index in [9.17, 15) is 10.1 Å². The molecule has 2 aromatic carbocycles. The van der Waals surface area contributed by atoms with Gasteiger partial charge in [-0.1, -0.05) is 24.3 Å². The van der Waals surface area contributed by atoms with Crippen molar-refractivity contribution < 1.29 is 9.76 Å². The van der Waals surface area contributed by atoms with Gasteiger partial charge in [-0.3, -0.25) is 10.1 Å². The predicted molar refractivity (Wildman–Crippen MR) is 72.1 cm³/mol. The summed E-state index contributed by atoms with van der Waals surface area (Å²) in [5.74, 6) is 0.683.